The Bertz CT molecular complexity index is 787. The number of carbonyl (C=O) groups is 2. The van der Waals surface area contributed by atoms with Gasteiger partial charge in [-0.15, -0.1) is 0 Å². The average Bonchev–Trinajstić information content (AvgIpc) is 2.71. The maximum absolute atomic E-state index is 12.6. The van der Waals surface area contributed by atoms with Gasteiger partial charge < -0.3 is 25.4 Å². The number of hydrogen-bond acceptors (Lipinski definition) is 6. The van der Waals surface area contributed by atoms with Crippen LogP contribution in [0.25, 0.3) is 0 Å². The zero-order valence-electron chi connectivity index (χ0n) is 17.3. The van der Waals surface area contributed by atoms with E-state index in [4.69, 9.17) is 9.47 Å². The van der Waals surface area contributed by atoms with Gasteiger partial charge in [0.05, 0.1) is 31.9 Å². The molecule has 1 aromatic carbocycles. The Morgan fingerprint density at radius 2 is 2.07 bits per heavy atom. The van der Waals surface area contributed by atoms with Gasteiger partial charge in [-0.05, 0) is 25.0 Å². The summed E-state index contributed by atoms with van der Waals surface area (Å²) in [7, 11) is 1.36. The lowest BCUT2D eigenvalue weighted by molar-refractivity contribution is -0.136. The SMILES string of the molecule is COC(=O)C1=C(CNCCN2CCOCC2)NC(=O)N[C@H]1c1ccc(C)cc1C. The molecular weight excluding hydrogens is 372 g/mol. The van der Waals surface area contributed by atoms with Crippen LogP contribution in [-0.2, 0) is 14.3 Å². The lowest BCUT2D eigenvalue weighted by atomic mass is 9.91. The van der Waals surface area contributed by atoms with Crippen LogP contribution in [0.3, 0.4) is 0 Å². The van der Waals surface area contributed by atoms with Gasteiger partial charge in [-0.3, -0.25) is 4.90 Å². The molecule has 1 aromatic rings. The largest absolute Gasteiger partial charge is 0.466 e. The molecule has 0 radical (unpaired) electrons. The van der Waals surface area contributed by atoms with Gasteiger partial charge in [0.2, 0.25) is 0 Å². The Balaban J connectivity index is 1.77. The monoisotopic (exact) mass is 402 g/mol. The van der Waals surface area contributed by atoms with Crippen LogP contribution in [0.15, 0.2) is 29.5 Å². The molecule has 0 unspecified atom stereocenters. The zero-order chi connectivity index (χ0) is 20.8. The van der Waals surface area contributed by atoms with E-state index < -0.39 is 12.0 Å². The van der Waals surface area contributed by atoms with E-state index in [9.17, 15) is 9.59 Å². The Morgan fingerprint density at radius 1 is 1.31 bits per heavy atom. The average molecular weight is 402 g/mol. The van der Waals surface area contributed by atoms with Gasteiger partial charge in [-0.25, -0.2) is 9.59 Å². The van der Waals surface area contributed by atoms with Crippen molar-refractivity contribution < 1.29 is 19.1 Å². The van der Waals surface area contributed by atoms with E-state index in [2.05, 4.69) is 20.9 Å². The van der Waals surface area contributed by atoms with Gasteiger partial charge in [0.15, 0.2) is 0 Å². The molecule has 0 aliphatic carbocycles. The first-order valence-corrected chi connectivity index (χ1v) is 9.96. The summed E-state index contributed by atoms with van der Waals surface area (Å²) in [5.41, 5.74) is 4.00. The molecule has 2 heterocycles. The fourth-order valence-corrected chi connectivity index (χ4v) is 3.77. The molecule has 1 saturated heterocycles. The summed E-state index contributed by atoms with van der Waals surface area (Å²) in [4.78, 5) is 27.2. The zero-order valence-corrected chi connectivity index (χ0v) is 17.3. The normalized spacial score (nSPS) is 20.2. The smallest absolute Gasteiger partial charge is 0.338 e. The molecule has 0 saturated carbocycles. The minimum atomic E-state index is -0.548. The van der Waals surface area contributed by atoms with Gasteiger partial charge in [-0.1, -0.05) is 23.8 Å². The van der Waals surface area contributed by atoms with Crippen molar-refractivity contribution in [3.63, 3.8) is 0 Å². The molecule has 0 bridgehead atoms. The summed E-state index contributed by atoms with van der Waals surface area (Å²) in [5, 5.41) is 8.99. The van der Waals surface area contributed by atoms with Crippen LogP contribution >= 0.6 is 0 Å². The highest BCUT2D eigenvalue weighted by Gasteiger charge is 2.34. The van der Waals surface area contributed by atoms with E-state index in [1.807, 2.05) is 32.0 Å². The Hall–Kier alpha value is -2.42. The number of rotatable bonds is 7. The molecule has 0 spiro atoms. The molecule has 1 fully saturated rings. The van der Waals surface area contributed by atoms with E-state index in [0.29, 0.717) is 17.8 Å². The number of methoxy groups -OCH3 is 1. The highest BCUT2D eigenvalue weighted by Crippen LogP contribution is 2.30. The maximum Gasteiger partial charge on any atom is 0.338 e. The molecule has 2 aliphatic heterocycles. The van der Waals surface area contributed by atoms with Gasteiger partial charge >= 0.3 is 12.0 Å². The van der Waals surface area contributed by atoms with Crippen LogP contribution in [0, 0.1) is 13.8 Å². The van der Waals surface area contributed by atoms with Crippen molar-refractivity contribution in [1.29, 1.82) is 0 Å². The summed E-state index contributed by atoms with van der Waals surface area (Å²) in [6.45, 7) is 9.37. The van der Waals surface area contributed by atoms with Crippen LogP contribution in [0.4, 0.5) is 4.79 Å². The molecule has 0 aromatic heterocycles. The fraction of sp³-hybridized carbons (Fsp3) is 0.524. The van der Waals surface area contributed by atoms with Crippen molar-refractivity contribution in [3.8, 4) is 0 Å². The standard InChI is InChI=1S/C21H30N4O4/c1-14-4-5-16(15(2)12-14)19-18(20(26)28-3)17(23-21(27)24-19)13-22-6-7-25-8-10-29-11-9-25/h4-5,12,19,22H,6-11,13H2,1-3H3,(H2,23,24,27)/t19-/m0/s1. The van der Waals surface area contributed by atoms with Crippen LogP contribution in [0.1, 0.15) is 22.7 Å². The quantitative estimate of drug-likeness (QED) is 0.466. The molecule has 3 N–H and O–H groups in total. The first-order valence-electron chi connectivity index (χ1n) is 9.96. The van der Waals surface area contributed by atoms with Gasteiger partial charge in [-0.2, -0.15) is 0 Å². The van der Waals surface area contributed by atoms with Crippen molar-refractivity contribution in [2.45, 2.75) is 19.9 Å². The molecule has 29 heavy (non-hydrogen) atoms. The second-order valence-corrected chi connectivity index (χ2v) is 7.41. The second kappa shape index (κ2) is 9.87. The molecule has 8 heteroatoms. The molecule has 1 atom stereocenters. The molecule has 8 nitrogen and oxygen atoms in total. The summed E-state index contributed by atoms with van der Waals surface area (Å²) >= 11 is 0. The summed E-state index contributed by atoms with van der Waals surface area (Å²) < 4.78 is 10.4. The Kier molecular flexibility index (Phi) is 7.24. The number of esters is 1. The number of amides is 2. The van der Waals surface area contributed by atoms with Crippen molar-refractivity contribution in [2.75, 3.05) is 53.0 Å². The number of urea groups is 1. The van der Waals surface area contributed by atoms with E-state index in [1.165, 1.54) is 7.11 Å². The van der Waals surface area contributed by atoms with E-state index >= 15 is 0 Å². The number of nitrogens with one attached hydrogen (secondary N) is 3. The third kappa shape index (κ3) is 5.35. The number of ether oxygens (including phenoxy) is 2. The predicted molar refractivity (Wildman–Crippen MR) is 109 cm³/mol. The highest BCUT2D eigenvalue weighted by molar-refractivity contribution is 5.95. The predicted octanol–water partition coefficient (Wildman–Crippen LogP) is 1.01. The highest BCUT2D eigenvalue weighted by atomic mass is 16.5. The van der Waals surface area contributed by atoms with Crippen LogP contribution in [0.5, 0.6) is 0 Å². The number of nitrogens with zero attached hydrogens (tertiary/aromatic N) is 1. The fourth-order valence-electron chi connectivity index (χ4n) is 3.77. The summed E-state index contributed by atoms with van der Waals surface area (Å²) in [5.74, 6) is -0.451. The van der Waals surface area contributed by atoms with Crippen molar-refractivity contribution in [2.24, 2.45) is 0 Å². The van der Waals surface area contributed by atoms with E-state index in [0.717, 1.165) is 56.1 Å². The van der Waals surface area contributed by atoms with Crippen molar-refractivity contribution in [3.05, 3.63) is 46.2 Å². The lowest BCUT2D eigenvalue weighted by Crippen LogP contribution is -2.48. The number of aryl methyl sites for hydroxylation is 2. The molecular formula is C21H30N4O4. The summed E-state index contributed by atoms with van der Waals surface area (Å²) in [6, 6.07) is 5.10. The first-order chi connectivity index (χ1) is 14.0. The van der Waals surface area contributed by atoms with Gasteiger partial charge in [0.1, 0.15) is 0 Å². The third-order valence-corrected chi connectivity index (χ3v) is 5.31. The third-order valence-electron chi connectivity index (χ3n) is 5.31. The topological polar surface area (TPSA) is 91.9 Å². The molecule has 158 valence electrons. The van der Waals surface area contributed by atoms with E-state index in [1.54, 1.807) is 0 Å². The molecule has 2 amide bonds. The van der Waals surface area contributed by atoms with Crippen LogP contribution in [-0.4, -0.2) is 69.9 Å². The van der Waals surface area contributed by atoms with Gasteiger partial charge in [0.25, 0.3) is 0 Å². The molecule has 3 rings (SSSR count). The van der Waals surface area contributed by atoms with E-state index in [-0.39, 0.29) is 6.03 Å². The van der Waals surface area contributed by atoms with Gasteiger partial charge in [0, 0.05) is 38.4 Å². The number of hydrogen-bond donors (Lipinski definition) is 3. The van der Waals surface area contributed by atoms with Crippen molar-refractivity contribution in [1.82, 2.24) is 20.9 Å². The maximum atomic E-state index is 12.6. The number of benzene rings is 1. The second-order valence-electron chi connectivity index (χ2n) is 7.41. The lowest BCUT2D eigenvalue weighted by Gasteiger charge is -2.30. The summed E-state index contributed by atoms with van der Waals surface area (Å²) in [6.07, 6.45) is 0. The minimum absolute atomic E-state index is 0.326. The minimum Gasteiger partial charge on any atom is -0.466 e. The Labute approximate surface area is 171 Å². The van der Waals surface area contributed by atoms with Crippen molar-refractivity contribution >= 4 is 12.0 Å². The Morgan fingerprint density at radius 3 is 2.76 bits per heavy atom. The number of morpholine rings is 1. The first kappa shape index (κ1) is 21.3. The number of carbonyl (C=O) groups excluding carboxylic acids is 2. The molecule has 2 aliphatic rings. The van der Waals surface area contributed by atoms with Crippen LogP contribution < -0.4 is 16.0 Å². The van der Waals surface area contributed by atoms with Crippen LogP contribution in [0.2, 0.25) is 0 Å².